The first-order chi connectivity index (χ1) is 11.3. The average molecular weight is 380 g/mol. The number of hydrogen-bond acceptors (Lipinski definition) is 7. The van der Waals surface area contributed by atoms with Crippen LogP contribution in [-0.2, 0) is 32.3 Å². The van der Waals surface area contributed by atoms with Crippen molar-refractivity contribution in [2.75, 3.05) is 26.4 Å². The summed E-state index contributed by atoms with van der Waals surface area (Å²) in [5, 5.41) is 8.85. The lowest BCUT2D eigenvalue weighted by atomic mass is 10.2. The molecule has 0 amide bonds. The first-order valence-corrected chi connectivity index (χ1v) is 11.0. The monoisotopic (exact) mass is 380 g/mol. The molecule has 0 saturated heterocycles. The van der Waals surface area contributed by atoms with Crippen molar-refractivity contribution in [2.24, 2.45) is 0 Å². The Bertz CT molecular complexity index is 541. The molecule has 0 aliphatic rings. The molecule has 138 valence electrons. The van der Waals surface area contributed by atoms with Gasteiger partial charge in [0.1, 0.15) is 0 Å². The lowest BCUT2D eigenvalue weighted by Crippen LogP contribution is -2.30. The predicted octanol–water partition coefficient (Wildman–Crippen LogP) is 4.32. The number of benzene rings is 1. The van der Waals surface area contributed by atoms with Gasteiger partial charge in [-0.1, -0.05) is 30.3 Å². The highest BCUT2D eigenvalue weighted by Crippen LogP contribution is 2.80. The topological polar surface area (TPSA) is 91.3 Å². The molecule has 0 saturated carbocycles. The summed E-state index contributed by atoms with van der Waals surface area (Å²) < 4.78 is 47.9. The van der Waals surface area contributed by atoms with Crippen molar-refractivity contribution in [1.29, 1.82) is 0 Å². The molecule has 0 fully saturated rings. The van der Waals surface area contributed by atoms with Gasteiger partial charge in [-0.05, 0) is 27.7 Å². The summed E-state index contributed by atoms with van der Waals surface area (Å²) in [5.74, 6) is 0. The van der Waals surface area contributed by atoms with Crippen molar-refractivity contribution in [2.45, 2.75) is 32.8 Å². The molecule has 0 aromatic heterocycles. The highest BCUT2D eigenvalue weighted by molar-refractivity contribution is 7.73. The largest absolute Gasteiger partial charge is 0.379 e. The van der Waals surface area contributed by atoms with E-state index in [1.165, 1.54) is 12.1 Å². The fourth-order valence-corrected chi connectivity index (χ4v) is 7.29. The third-order valence-corrected chi connectivity index (χ3v) is 9.03. The third kappa shape index (κ3) is 4.00. The maximum absolute atomic E-state index is 13.4. The van der Waals surface area contributed by atoms with Gasteiger partial charge in [0.25, 0.3) is 5.08 Å². The highest BCUT2D eigenvalue weighted by Gasteiger charge is 2.66. The molecule has 24 heavy (non-hydrogen) atoms. The molecule has 0 bridgehead atoms. The fraction of sp³-hybridized carbons (Fsp3) is 0.600. The Morgan fingerprint density at radius 3 is 1.42 bits per heavy atom. The SMILES string of the molecule is CCOP(=O)(OCC)C(O)(c1ccccc1)P(=O)(OCC)OCC. The molecular weight excluding hydrogens is 354 g/mol. The number of aliphatic hydroxyl groups is 1. The summed E-state index contributed by atoms with van der Waals surface area (Å²) in [6, 6.07) is 7.91. The Hall–Kier alpha value is -0.520. The van der Waals surface area contributed by atoms with Crippen molar-refractivity contribution in [3.05, 3.63) is 35.9 Å². The minimum Gasteiger partial charge on any atom is -0.364 e. The molecule has 0 radical (unpaired) electrons. The lowest BCUT2D eigenvalue weighted by Gasteiger charge is -2.38. The van der Waals surface area contributed by atoms with Gasteiger partial charge < -0.3 is 23.2 Å². The fourth-order valence-electron chi connectivity index (χ4n) is 2.24. The Kier molecular flexibility index (Phi) is 8.30. The maximum atomic E-state index is 13.4. The van der Waals surface area contributed by atoms with Crippen LogP contribution in [0, 0.1) is 0 Å². The minimum absolute atomic E-state index is 0.00925. The molecule has 0 aliphatic carbocycles. The Balaban J connectivity index is 3.68. The molecule has 0 aliphatic heterocycles. The number of hydrogen-bond donors (Lipinski definition) is 1. The summed E-state index contributed by atoms with van der Waals surface area (Å²) >= 11 is 0. The molecular formula is C15H26O7P2. The summed E-state index contributed by atoms with van der Waals surface area (Å²) in [7, 11) is -8.60. The van der Waals surface area contributed by atoms with Gasteiger partial charge in [0.2, 0.25) is 0 Å². The van der Waals surface area contributed by atoms with E-state index in [0.29, 0.717) is 0 Å². The zero-order chi connectivity index (χ0) is 18.3. The van der Waals surface area contributed by atoms with Crippen LogP contribution in [-0.4, -0.2) is 31.5 Å². The van der Waals surface area contributed by atoms with Crippen LogP contribution in [0.4, 0.5) is 0 Å². The zero-order valence-corrected chi connectivity index (χ0v) is 16.3. The van der Waals surface area contributed by atoms with E-state index in [1.807, 2.05) is 0 Å². The summed E-state index contributed by atoms with van der Waals surface area (Å²) in [6.45, 7) is 6.37. The Morgan fingerprint density at radius 1 is 0.792 bits per heavy atom. The van der Waals surface area contributed by atoms with Crippen LogP contribution in [0.15, 0.2) is 30.3 Å². The maximum Gasteiger partial charge on any atom is 0.379 e. The molecule has 0 heterocycles. The van der Waals surface area contributed by atoms with Crippen LogP contribution in [0.2, 0.25) is 0 Å². The average Bonchev–Trinajstić information content (AvgIpc) is 2.55. The normalized spacial score (nSPS) is 13.2. The Labute approximate surface area is 143 Å². The summed E-state index contributed by atoms with van der Waals surface area (Å²) in [4.78, 5) is 0. The van der Waals surface area contributed by atoms with E-state index in [2.05, 4.69) is 0 Å². The molecule has 1 N–H and O–H groups in total. The quantitative estimate of drug-likeness (QED) is 0.572. The van der Waals surface area contributed by atoms with E-state index in [9.17, 15) is 14.2 Å². The van der Waals surface area contributed by atoms with Crippen molar-refractivity contribution in [3.63, 3.8) is 0 Å². The lowest BCUT2D eigenvalue weighted by molar-refractivity contribution is 0.0818. The van der Waals surface area contributed by atoms with Crippen LogP contribution < -0.4 is 0 Å². The van der Waals surface area contributed by atoms with E-state index in [4.69, 9.17) is 18.1 Å². The molecule has 1 aromatic rings. The number of rotatable bonds is 11. The van der Waals surface area contributed by atoms with Gasteiger partial charge in [0, 0.05) is 5.56 Å². The molecule has 9 heteroatoms. The standard InChI is InChI=1S/C15H26O7P2/c1-5-19-23(17,20-6-2)15(16,14-12-10-9-11-13-14)24(18,21-7-3)22-8-4/h9-13,16H,5-8H2,1-4H3. The second-order valence-electron chi connectivity index (χ2n) is 4.67. The molecule has 0 spiro atoms. The van der Waals surface area contributed by atoms with E-state index in [0.717, 1.165) is 0 Å². The zero-order valence-electron chi connectivity index (χ0n) is 14.5. The van der Waals surface area contributed by atoms with Crippen molar-refractivity contribution in [1.82, 2.24) is 0 Å². The first-order valence-electron chi connectivity index (χ1n) is 7.91. The van der Waals surface area contributed by atoms with Crippen LogP contribution in [0.5, 0.6) is 0 Å². The van der Waals surface area contributed by atoms with Gasteiger partial charge in [-0.15, -0.1) is 0 Å². The second kappa shape index (κ2) is 9.25. The van der Waals surface area contributed by atoms with Crippen molar-refractivity contribution >= 4 is 15.2 Å². The van der Waals surface area contributed by atoms with Crippen LogP contribution >= 0.6 is 15.2 Å². The van der Waals surface area contributed by atoms with Crippen LogP contribution in [0.1, 0.15) is 33.3 Å². The summed E-state index contributed by atoms with van der Waals surface area (Å²) in [5.41, 5.74) is 0.0838. The minimum atomic E-state index is -4.30. The van der Waals surface area contributed by atoms with Gasteiger partial charge in [0.05, 0.1) is 26.4 Å². The van der Waals surface area contributed by atoms with Crippen LogP contribution in [0.25, 0.3) is 0 Å². The Morgan fingerprint density at radius 2 is 1.12 bits per heavy atom. The van der Waals surface area contributed by atoms with Gasteiger partial charge >= 0.3 is 15.2 Å². The summed E-state index contributed by atoms with van der Waals surface area (Å²) in [6.07, 6.45) is 0. The molecule has 0 atom stereocenters. The van der Waals surface area contributed by atoms with Crippen molar-refractivity contribution in [3.8, 4) is 0 Å². The van der Waals surface area contributed by atoms with E-state index in [-0.39, 0.29) is 32.0 Å². The van der Waals surface area contributed by atoms with E-state index >= 15 is 0 Å². The third-order valence-electron chi connectivity index (χ3n) is 3.12. The second-order valence-corrected chi connectivity index (χ2v) is 9.34. The molecule has 1 aromatic carbocycles. The van der Waals surface area contributed by atoms with E-state index in [1.54, 1.807) is 45.9 Å². The van der Waals surface area contributed by atoms with Gasteiger partial charge in [-0.2, -0.15) is 0 Å². The predicted molar refractivity (Wildman–Crippen MR) is 92.1 cm³/mol. The van der Waals surface area contributed by atoms with Crippen LogP contribution in [0.3, 0.4) is 0 Å². The molecule has 0 unspecified atom stereocenters. The van der Waals surface area contributed by atoms with E-state index < -0.39 is 20.3 Å². The van der Waals surface area contributed by atoms with Gasteiger partial charge in [0.15, 0.2) is 0 Å². The van der Waals surface area contributed by atoms with Gasteiger partial charge in [-0.3, -0.25) is 9.13 Å². The molecule has 7 nitrogen and oxygen atoms in total. The van der Waals surface area contributed by atoms with Crippen molar-refractivity contribution < 1.29 is 32.3 Å². The first kappa shape index (κ1) is 21.5. The highest BCUT2D eigenvalue weighted by atomic mass is 31.2. The van der Waals surface area contributed by atoms with Gasteiger partial charge in [-0.25, -0.2) is 0 Å². The smallest absolute Gasteiger partial charge is 0.364 e. The molecule has 1 rings (SSSR count).